The Kier molecular flexibility index (Phi) is 3.81. The first-order chi connectivity index (χ1) is 12.5. The van der Waals surface area contributed by atoms with Crippen LogP contribution in [0.25, 0.3) is 0 Å². The molecule has 2 N–H and O–H groups in total. The Morgan fingerprint density at radius 1 is 1.11 bits per heavy atom. The van der Waals surface area contributed by atoms with Crippen LogP contribution in [-0.2, 0) is 5.60 Å². The van der Waals surface area contributed by atoms with Crippen molar-refractivity contribution < 1.29 is 24.1 Å². The Morgan fingerprint density at radius 3 is 2.56 bits per heavy atom. The summed E-state index contributed by atoms with van der Waals surface area (Å²) >= 11 is 0. The lowest BCUT2D eigenvalue weighted by molar-refractivity contribution is -0.0864. The summed E-state index contributed by atoms with van der Waals surface area (Å²) in [6, 6.07) is 10.5. The number of phenols is 1. The first kappa shape index (κ1) is 18.2. The van der Waals surface area contributed by atoms with Crippen molar-refractivity contribution in [2.75, 3.05) is 6.61 Å². The SMILES string of the molecule is CC(C)(C)[Si](C)(C)Oc1ccc2c(c1)OC1c3ccc(O)cc3OC[C@@]21O. The fourth-order valence-electron chi connectivity index (χ4n) is 3.36. The number of fused-ring (bicyclic) bond motifs is 5. The topological polar surface area (TPSA) is 68.2 Å². The highest BCUT2D eigenvalue weighted by atomic mass is 28.4. The van der Waals surface area contributed by atoms with Crippen LogP contribution in [0, 0.1) is 0 Å². The van der Waals surface area contributed by atoms with Gasteiger partial charge in [0.1, 0.15) is 29.6 Å². The van der Waals surface area contributed by atoms with Crippen molar-refractivity contribution in [2.24, 2.45) is 0 Å². The van der Waals surface area contributed by atoms with Crippen LogP contribution in [0.4, 0.5) is 0 Å². The molecule has 0 aliphatic carbocycles. The van der Waals surface area contributed by atoms with E-state index in [9.17, 15) is 10.2 Å². The zero-order valence-electron chi connectivity index (χ0n) is 16.4. The van der Waals surface area contributed by atoms with E-state index in [-0.39, 0.29) is 17.4 Å². The van der Waals surface area contributed by atoms with Gasteiger partial charge < -0.3 is 24.1 Å². The van der Waals surface area contributed by atoms with Crippen LogP contribution in [0.15, 0.2) is 36.4 Å². The zero-order valence-corrected chi connectivity index (χ0v) is 17.4. The first-order valence-corrected chi connectivity index (χ1v) is 12.1. The minimum Gasteiger partial charge on any atom is -0.543 e. The molecule has 0 aromatic heterocycles. The third-order valence-electron chi connectivity index (χ3n) is 6.00. The van der Waals surface area contributed by atoms with Crippen molar-refractivity contribution in [3.05, 3.63) is 47.5 Å². The Morgan fingerprint density at radius 2 is 1.85 bits per heavy atom. The van der Waals surface area contributed by atoms with E-state index in [2.05, 4.69) is 33.9 Å². The predicted octanol–water partition coefficient (Wildman–Crippen LogP) is 4.49. The highest BCUT2D eigenvalue weighted by Crippen LogP contribution is 2.54. The molecule has 2 aromatic rings. The third kappa shape index (κ3) is 2.78. The van der Waals surface area contributed by atoms with Gasteiger partial charge in [0.15, 0.2) is 11.7 Å². The minimum atomic E-state index is -1.97. The first-order valence-electron chi connectivity index (χ1n) is 9.20. The van der Waals surface area contributed by atoms with Crippen molar-refractivity contribution in [3.8, 4) is 23.0 Å². The van der Waals surface area contributed by atoms with Crippen LogP contribution < -0.4 is 13.9 Å². The molecule has 0 bridgehead atoms. The molecule has 144 valence electrons. The number of ether oxygens (including phenoxy) is 2. The predicted molar refractivity (Wildman–Crippen MR) is 105 cm³/mol. The Bertz CT molecular complexity index is 902. The monoisotopic (exact) mass is 386 g/mol. The van der Waals surface area contributed by atoms with E-state index >= 15 is 0 Å². The summed E-state index contributed by atoms with van der Waals surface area (Å²) in [7, 11) is -1.97. The largest absolute Gasteiger partial charge is 0.543 e. The molecule has 2 aliphatic rings. The number of rotatable bonds is 2. The number of aliphatic hydroxyl groups is 1. The lowest BCUT2D eigenvalue weighted by Gasteiger charge is -2.36. The third-order valence-corrected chi connectivity index (χ3v) is 10.4. The summed E-state index contributed by atoms with van der Waals surface area (Å²) in [5, 5.41) is 21.1. The van der Waals surface area contributed by atoms with Gasteiger partial charge in [0.2, 0.25) is 8.32 Å². The van der Waals surface area contributed by atoms with E-state index in [1.165, 1.54) is 0 Å². The van der Waals surface area contributed by atoms with Crippen LogP contribution in [0.3, 0.4) is 0 Å². The van der Waals surface area contributed by atoms with E-state index in [1.807, 2.05) is 18.2 Å². The Hall–Kier alpha value is -2.18. The van der Waals surface area contributed by atoms with Crippen LogP contribution in [0.1, 0.15) is 38.0 Å². The highest BCUT2D eigenvalue weighted by Gasteiger charge is 2.53. The number of aromatic hydroxyl groups is 1. The average Bonchev–Trinajstić information content (AvgIpc) is 2.85. The van der Waals surface area contributed by atoms with Gasteiger partial charge in [0, 0.05) is 23.3 Å². The summed E-state index contributed by atoms with van der Waals surface area (Å²) in [4.78, 5) is 0. The molecule has 2 heterocycles. The van der Waals surface area contributed by atoms with Crippen molar-refractivity contribution >= 4 is 8.32 Å². The van der Waals surface area contributed by atoms with E-state index in [0.29, 0.717) is 17.1 Å². The maximum atomic E-state index is 11.3. The smallest absolute Gasteiger partial charge is 0.250 e. The molecule has 0 fully saturated rings. The van der Waals surface area contributed by atoms with Crippen LogP contribution >= 0.6 is 0 Å². The van der Waals surface area contributed by atoms with E-state index < -0.39 is 20.0 Å². The molecule has 0 saturated carbocycles. The molecule has 2 atom stereocenters. The molecule has 0 spiro atoms. The van der Waals surface area contributed by atoms with Crippen molar-refractivity contribution in [1.29, 1.82) is 0 Å². The lowest BCUT2D eigenvalue weighted by atomic mass is 9.85. The van der Waals surface area contributed by atoms with E-state index in [4.69, 9.17) is 13.9 Å². The fourth-order valence-corrected chi connectivity index (χ4v) is 4.38. The number of hydrogen-bond donors (Lipinski definition) is 2. The average molecular weight is 387 g/mol. The summed E-state index contributed by atoms with van der Waals surface area (Å²) in [5.41, 5.74) is 0.174. The summed E-state index contributed by atoms with van der Waals surface area (Å²) < 4.78 is 18.2. The van der Waals surface area contributed by atoms with Crippen LogP contribution in [0.5, 0.6) is 23.0 Å². The quantitative estimate of drug-likeness (QED) is 0.745. The van der Waals surface area contributed by atoms with Gasteiger partial charge in [-0.3, -0.25) is 0 Å². The molecule has 0 radical (unpaired) electrons. The lowest BCUT2D eigenvalue weighted by Crippen LogP contribution is -2.43. The van der Waals surface area contributed by atoms with Crippen LogP contribution in [0.2, 0.25) is 18.1 Å². The highest BCUT2D eigenvalue weighted by molar-refractivity contribution is 6.74. The van der Waals surface area contributed by atoms with Gasteiger partial charge >= 0.3 is 0 Å². The zero-order chi connectivity index (χ0) is 19.6. The molecule has 0 saturated heterocycles. The number of hydrogen-bond acceptors (Lipinski definition) is 5. The van der Waals surface area contributed by atoms with Crippen LogP contribution in [-0.4, -0.2) is 25.1 Å². The maximum absolute atomic E-state index is 11.3. The van der Waals surface area contributed by atoms with E-state index in [1.54, 1.807) is 18.2 Å². The molecule has 2 aliphatic heterocycles. The normalized spacial score (nSPS) is 23.6. The van der Waals surface area contributed by atoms with Crippen molar-refractivity contribution in [3.63, 3.8) is 0 Å². The second-order valence-electron chi connectivity index (χ2n) is 8.95. The Balaban J connectivity index is 1.69. The van der Waals surface area contributed by atoms with Crippen molar-refractivity contribution in [2.45, 2.75) is 50.6 Å². The van der Waals surface area contributed by atoms with Gasteiger partial charge in [-0.25, -0.2) is 0 Å². The minimum absolute atomic E-state index is 0.0730. The molecule has 6 heteroatoms. The van der Waals surface area contributed by atoms with Crippen molar-refractivity contribution in [1.82, 2.24) is 0 Å². The summed E-state index contributed by atoms with van der Waals surface area (Å²) in [5.74, 6) is 2.03. The van der Waals surface area contributed by atoms with Gasteiger partial charge in [-0.1, -0.05) is 20.8 Å². The van der Waals surface area contributed by atoms with Gasteiger partial charge in [-0.2, -0.15) is 0 Å². The second-order valence-corrected chi connectivity index (χ2v) is 13.7. The standard InChI is InChI=1S/C21H26O5Si/c1-20(2,3)27(4,5)26-14-7-9-16-18(11-14)25-19-15-8-6-13(22)10-17(15)24-12-21(16,19)23/h6-11,19,22-23H,12H2,1-5H3/t19?,21-/m1/s1. The number of phenolic OH excluding ortho intramolecular Hbond substituents is 1. The molecule has 5 nitrogen and oxygen atoms in total. The van der Waals surface area contributed by atoms with Gasteiger partial charge in [0.25, 0.3) is 0 Å². The second kappa shape index (κ2) is 5.66. The Labute approximate surface area is 160 Å². The molecule has 1 unspecified atom stereocenters. The molecule has 27 heavy (non-hydrogen) atoms. The van der Waals surface area contributed by atoms with Gasteiger partial charge in [-0.05, 0) is 42.4 Å². The molecule has 2 aromatic carbocycles. The van der Waals surface area contributed by atoms with Gasteiger partial charge in [0.05, 0.1) is 0 Å². The fraction of sp³-hybridized carbons (Fsp3) is 0.429. The van der Waals surface area contributed by atoms with Gasteiger partial charge in [-0.15, -0.1) is 0 Å². The molecule has 4 rings (SSSR count). The summed E-state index contributed by atoms with van der Waals surface area (Å²) in [6.07, 6.45) is -0.569. The molecular weight excluding hydrogens is 360 g/mol. The molecular formula is C21H26O5Si. The van der Waals surface area contributed by atoms with E-state index in [0.717, 1.165) is 11.3 Å². The summed E-state index contributed by atoms with van der Waals surface area (Å²) in [6.45, 7) is 11.1. The molecule has 0 amide bonds. The number of benzene rings is 2. The maximum Gasteiger partial charge on any atom is 0.250 e.